The van der Waals surface area contributed by atoms with Crippen molar-refractivity contribution in [3.63, 3.8) is 0 Å². The summed E-state index contributed by atoms with van der Waals surface area (Å²) in [4.78, 5) is 20.2. The highest BCUT2D eigenvalue weighted by atomic mass is 19.1. The second-order valence-electron chi connectivity index (χ2n) is 6.66. The van der Waals surface area contributed by atoms with Gasteiger partial charge in [0.25, 0.3) is 0 Å². The summed E-state index contributed by atoms with van der Waals surface area (Å²) in [5.41, 5.74) is 1.62. The van der Waals surface area contributed by atoms with E-state index in [2.05, 4.69) is 9.88 Å². The van der Waals surface area contributed by atoms with Crippen molar-refractivity contribution in [1.29, 1.82) is 0 Å². The lowest BCUT2D eigenvalue weighted by atomic mass is 10.0. The molecule has 1 aromatic carbocycles. The molecular formula is C20H24FN3O3. The fourth-order valence-electron chi connectivity index (χ4n) is 3.52. The number of nitrogens with zero attached hydrogens (tertiary/aromatic N) is 3. The molecule has 0 radical (unpaired) electrons. The van der Waals surface area contributed by atoms with E-state index in [0.29, 0.717) is 18.7 Å². The molecule has 1 saturated heterocycles. The number of rotatable bonds is 6. The Bertz CT molecular complexity index is 772. The van der Waals surface area contributed by atoms with Gasteiger partial charge in [0, 0.05) is 38.6 Å². The van der Waals surface area contributed by atoms with Gasteiger partial charge < -0.3 is 9.84 Å². The smallest absolute Gasteiger partial charge is 0.325 e. The number of benzene rings is 1. The van der Waals surface area contributed by atoms with Gasteiger partial charge >= 0.3 is 5.97 Å². The average Bonchev–Trinajstić information content (AvgIpc) is 2.88. The van der Waals surface area contributed by atoms with Crippen LogP contribution in [0.4, 0.5) is 4.39 Å². The lowest BCUT2D eigenvalue weighted by Crippen LogP contribution is -2.37. The first-order valence-electron chi connectivity index (χ1n) is 9.00. The van der Waals surface area contributed by atoms with Crippen LogP contribution in [0.2, 0.25) is 0 Å². The van der Waals surface area contributed by atoms with Crippen molar-refractivity contribution in [2.45, 2.75) is 19.0 Å². The normalized spacial score (nSPS) is 17.3. The number of ether oxygens (including phenoxy) is 1. The van der Waals surface area contributed by atoms with Crippen LogP contribution in [0.15, 0.2) is 42.7 Å². The first-order chi connectivity index (χ1) is 13.1. The van der Waals surface area contributed by atoms with Crippen molar-refractivity contribution in [1.82, 2.24) is 14.8 Å². The van der Waals surface area contributed by atoms with Gasteiger partial charge in [-0.3, -0.25) is 19.6 Å². The van der Waals surface area contributed by atoms with E-state index in [0.717, 1.165) is 26.1 Å². The van der Waals surface area contributed by atoms with E-state index in [1.54, 1.807) is 18.5 Å². The van der Waals surface area contributed by atoms with Crippen LogP contribution in [0.5, 0.6) is 5.75 Å². The molecule has 1 atom stereocenters. The Balaban J connectivity index is 1.71. The predicted molar refractivity (Wildman–Crippen MR) is 99.0 cm³/mol. The Hall–Kier alpha value is -2.51. The number of aromatic nitrogens is 1. The summed E-state index contributed by atoms with van der Waals surface area (Å²) in [5, 5.41) is 9.77. The topological polar surface area (TPSA) is 65.9 Å². The van der Waals surface area contributed by atoms with Crippen LogP contribution in [0.1, 0.15) is 23.6 Å². The summed E-state index contributed by atoms with van der Waals surface area (Å²) in [6, 6.07) is 7.48. The van der Waals surface area contributed by atoms with E-state index in [9.17, 15) is 14.3 Å². The Kier molecular flexibility index (Phi) is 6.36. The molecule has 7 heteroatoms. The SMILES string of the molecule is COc1ccc([C@H](C(=O)O)N2CCCN(Cc3ccncc3)CC2)cc1F. The third-order valence-corrected chi connectivity index (χ3v) is 4.87. The van der Waals surface area contributed by atoms with Crippen LogP contribution >= 0.6 is 0 Å². The highest BCUT2D eigenvalue weighted by molar-refractivity contribution is 5.75. The van der Waals surface area contributed by atoms with Crippen molar-refractivity contribution in [3.05, 3.63) is 59.7 Å². The number of carbonyl (C=O) groups is 1. The first-order valence-corrected chi connectivity index (χ1v) is 9.00. The van der Waals surface area contributed by atoms with E-state index in [1.807, 2.05) is 17.0 Å². The third kappa shape index (κ3) is 4.81. The number of carboxylic acid groups (broad SMARTS) is 1. The van der Waals surface area contributed by atoms with Crippen LogP contribution in [0, 0.1) is 5.82 Å². The molecule has 1 aromatic heterocycles. The van der Waals surface area contributed by atoms with E-state index in [4.69, 9.17) is 4.74 Å². The first kappa shape index (κ1) is 19.3. The van der Waals surface area contributed by atoms with Gasteiger partial charge in [-0.25, -0.2) is 4.39 Å². The fourth-order valence-corrected chi connectivity index (χ4v) is 3.52. The summed E-state index contributed by atoms with van der Waals surface area (Å²) < 4.78 is 19.0. The zero-order valence-electron chi connectivity index (χ0n) is 15.3. The number of aliphatic carboxylic acids is 1. The average molecular weight is 373 g/mol. The Morgan fingerprint density at radius 2 is 2.00 bits per heavy atom. The highest BCUT2D eigenvalue weighted by Crippen LogP contribution is 2.27. The lowest BCUT2D eigenvalue weighted by molar-refractivity contribution is -0.143. The maximum atomic E-state index is 14.1. The van der Waals surface area contributed by atoms with Crippen molar-refractivity contribution in [2.75, 3.05) is 33.3 Å². The highest BCUT2D eigenvalue weighted by Gasteiger charge is 2.29. The molecule has 0 amide bonds. The van der Waals surface area contributed by atoms with E-state index >= 15 is 0 Å². The summed E-state index contributed by atoms with van der Waals surface area (Å²) in [6.07, 6.45) is 4.41. The number of pyridine rings is 1. The monoisotopic (exact) mass is 373 g/mol. The number of halogens is 1. The van der Waals surface area contributed by atoms with E-state index in [-0.39, 0.29) is 5.75 Å². The fraction of sp³-hybridized carbons (Fsp3) is 0.400. The molecule has 27 heavy (non-hydrogen) atoms. The predicted octanol–water partition coefficient (Wildman–Crippen LogP) is 2.56. The third-order valence-electron chi connectivity index (χ3n) is 4.87. The molecule has 144 valence electrons. The zero-order chi connectivity index (χ0) is 19.2. The molecule has 2 heterocycles. The van der Waals surface area contributed by atoms with Crippen molar-refractivity contribution in [2.24, 2.45) is 0 Å². The molecule has 0 unspecified atom stereocenters. The summed E-state index contributed by atoms with van der Waals surface area (Å²) >= 11 is 0. The summed E-state index contributed by atoms with van der Waals surface area (Å²) in [5.74, 6) is -1.40. The van der Waals surface area contributed by atoms with Gasteiger partial charge in [-0.1, -0.05) is 6.07 Å². The van der Waals surface area contributed by atoms with E-state index < -0.39 is 17.8 Å². The van der Waals surface area contributed by atoms with Crippen LogP contribution in [0.25, 0.3) is 0 Å². The maximum absolute atomic E-state index is 14.1. The second kappa shape index (κ2) is 8.92. The quantitative estimate of drug-likeness (QED) is 0.840. The molecule has 1 N–H and O–H groups in total. The van der Waals surface area contributed by atoms with Gasteiger partial charge in [0.2, 0.25) is 0 Å². The maximum Gasteiger partial charge on any atom is 0.325 e. The summed E-state index contributed by atoms with van der Waals surface area (Å²) in [6.45, 7) is 3.71. The van der Waals surface area contributed by atoms with Crippen LogP contribution in [-0.4, -0.2) is 59.1 Å². The second-order valence-corrected chi connectivity index (χ2v) is 6.66. The van der Waals surface area contributed by atoms with Gasteiger partial charge in [0.05, 0.1) is 7.11 Å². The molecule has 1 aliphatic heterocycles. The number of hydrogen-bond acceptors (Lipinski definition) is 5. The standard InChI is InChI=1S/C20H24FN3O3/c1-27-18-4-3-16(13-17(18)21)19(20(25)26)24-10-2-9-23(11-12-24)14-15-5-7-22-8-6-15/h3-8,13,19H,2,9-12,14H2,1H3,(H,25,26)/t19-/m1/s1. The number of carboxylic acids is 1. The van der Waals surface area contributed by atoms with Crippen LogP contribution in [-0.2, 0) is 11.3 Å². The minimum absolute atomic E-state index is 0.113. The molecule has 1 aliphatic rings. The molecular weight excluding hydrogens is 349 g/mol. The number of hydrogen-bond donors (Lipinski definition) is 1. The van der Waals surface area contributed by atoms with Gasteiger partial charge in [-0.05, 0) is 48.4 Å². The molecule has 0 saturated carbocycles. The van der Waals surface area contributed by atoms with Gasteiger partial charge in [-0.2, -0.15) is 0 Å². The van der Waals surface area contributed by atoms with Gasteiger partial charge in [-0.15, -0.1) is 0 Å². The minimum atomic E-state index is -0.970. The van der Waals surface area contributed by atoms with Crippen LogP contribution < -0.4 is 4.74 Å². The minimum Gasteiger partial charge on any atom is -0.494 e. The molecule has 0 spiro atoms. The molecule has 2 aromatic rings. The number of methoxy groups -OCH3 is 1. The van der Waals surface area contributed by atoms with E-state index in [1.165, 1.54) is 24.8 Å². The van der Waals surface area contributed by atoms with Crippen molar-refractivity contribution >= 4 is 5.97 Å². The Morgan fingerprint density at radius 3 is 2.67 bits per heavy atom. The molecule has 3 rings (SSSR count). The molecule has 1 fully saturated rings. The Morgan fingerprint density at radius 1 is 1.22 bits per heavy atom. The lowest BCUT2D eigenvalue weighted by Gasteiger charge is -2.28. The van der Waals surface area contributed by atoms with Crippen LogP contribution in [0.3, 0.4) is 0 Å². The zero-order valence-corrected chi connectivity index (χ0v) is 15.3. The molecule has 0 bridgehead atoms. The molecule has 6 nitrogen and oxygen atoms in total. The summed E-state index contributed by atoms with van der Waals surface area (Å²) in [7, 11) is 1.39. The Labute approximate surface area is 158 Å². The largest absolute Gasteiger partial charge is 0.494 e. The molecule has 0 aliphatic carbocycles. The van der Waals surface area contributed by atoms with Gasteiger partial charge in [0.15, 0.2) is 11.6 Å². The van der Waals surface area contributed by atoms with Crippen molar-refractivity contribution in [3.8, 4) is 5.75 Å². The van der Waals surface area contributed by atoms with Crippen molar-refractivity contribution < 1.29 is 19.0 Å². The van der Waals surface area contributed by atoms with Gasteiger partial charge in [0.1, 0.15) is 6.04 Å².